The van der Waals surface area contributed by atoms with Crippen molar-refractivity contribution in [3.8, 4) is 0 Å². The molecule has 0 unspecified atom stereocenters. The number of ether oxygens (including phenoxy) is 1. The Kier molecular flexibility index (Phi) is 4.17. The molecule has 1 aromatic carbocycles. The molecule has 0 bridgehead atoms. The van der Waals surface area contributed by atoms with Gasteiger partial charge in [0, 0.05) is 6.54 Å². The van der Waals surface area contributed by atoms with E-state index in [2.05, 4.69) is 0 Å². The van der Waals surface area contributed by atoms with Gasteiger partial charge in [0.05, 0.1) is 6.10 Å². The van der Waals surface area contributed by atoms with Crippen LogP contribution in [0.4, 0.5) is 4.79 Å². The Morgan fingerprint density at radius 3 is 2.78 bits per heavy atom. The van der Waals surface area contributed by atoms with E-state index in [1.165, 1.54) is 0 Å². The summed E-state index contributed by atoms with van der Waals surface area (Å²) in [6.07, 6.45) is -1.47. The molecule has 0 aliphatic carbocycles. The van der Waals surface area contributed by atoms with Gasteiger partial charge in [0.1, 0.15) is 6.61 Å². The molecule has 0 saturated carbocycles. The van der Waals surface area contributed by atoms with Gasteiger partial charge in [-0.3, -0.25) is 4.90 Å². The quantitative estimate of drug-likeness (QED) is 0.825. The van der Waals surface area contributed by atoms with Crippen LogP contribution in [-0.2, 0) is 11.3 Å². The first kappa shape index (κ1) is 12.9. The van der Waals surface area contributed by atoms with Crippen LogP contribution in [0.5, 0.6) is 0 Å². The van der Waals surface area contributed by atoms with Crippen LogP contribution in [0.1, 0.15) is 18.4 Å². The van der Waals surface area contributed by atoms with Crippen molar-refractivity contribution in [3.05, 3.63) is 35.9 Å². The SMILES string of the molecule is O=C(OCc1ccccc1)N1CCC[C@H](O)[C@H]1O. The summed E-state index contributed by atoms with van der Waals surface area (Å²) in [7, 11) is 0. The average molecular weight is 251 g/mol. The highest BCUT2D eigenvalue weighted by atomic mass is 16.6. The van der Waals surface area contributed by atoms with Crippen molar-refractivity contribution in [2.45, 2.75) is 31.8 Å². The zero-order chi connectivity index (χ0) is 13.0. The van der Waals surface area contributed by atoms with Crippen molar-refractivity contribution in [3.63, 3.8) is 0 Å². The number of nitrogens with zero attached hydrogens (tertiary/aromatic N) is 1. The van der Waals surface area contributed by atoms with Gasteiger partial charge in [-0.1, -0.05) is 30.3 Å². The minimum atomic E-state index is -1.16. The van der Waals surface area contributed by atoms with Crippen molar-refractivity contribution >= 4 is 6.09 Å². The van der Waals surface area contributed by atoms with Crippen molar-refractivity contribution in [1.82, 2.24) is 4.90 Å². The summed E-state index contributed by atoms with van der Waals surface area (Å²) >= 11 is 0. The fraction of sp³-hybridized carbons (Fsp3) is 0.462. The van der Waals surface area contributed by atoms with Crippen LogP contribution in [0.25, 0.3) is 0 Å². The maximum atomic E-state index is 11.8. The number of hydrogen-bond donors (Lipinski definition) is 2. The number of benzene rings is 1. The summed E-state index contributed by atoms with van der Waals surface area (Å²) in [6, 6.07) is 9.32. The van der Waals surface area contributed by atoms with Gasteiger partial charge in [0.2, 0.25) is 0 Å². The molecule has 18 heavy (non-hydrogen) atoms. The first-order valence-electron chi connectivity index (χ1n) is 6.02. The molecular weight excluding hydrogens is 234 g/mol. The largest absolute Gasteiger partial charge is 0.444 e. The molecule has 5 heteroatoms. The van der Waals surface area contributed by atoms with Crippen LogP contribution in [0.2, 0.25) is 0 Å². The average Bonchev–Trinajstić information content (AvgIpc) is 2.40. The monoisotopic (exact) mass is 251 g/mol. The summed E-state index contributed by atoms with van der Waals surface area (Å²) < 4.78 is 5.10. The molecule has 1 saturated heterocycles. The zero-order valence-electron chi connectivity index (χ0n) is 10.0. The molecule has 2 atom stereocenters. The van der Waals surface area contributed by atoms with E-state index in [0.717, 1.165) is 10.5 Å². The highest BCUT2D eigenvalue weighted by Gasteiger charge is 2.32. The molecule has 0 spiro atoms. The maximum Gasteiger partial charge on any atom is 0.412 e. The molecule has 0 radical (unpaired) electrons. The second-order valence-corrected chi connectivity index (χ2v) is 4.36. The van der Waals surface area contributed by atoms with Gasteiger partial charge < -0.3 is 14.9 Å². The molecule has 98 valence electrons. The number of hydrogen-bond acceptors (Lipinski definition) is 4. The Labute approximate surface area is 106 Å². The number of aliphatic hydroxyl groups is 2. The van der Waals surface area contributed by atoms with Gasteiger partial charge in [0.25, 0.3) is 0 Å². The molecule has 1 aromatic rings. The number of rotatable bonds is 2. The highest BCUT2D eigenvalue weighted by molar-refractivity contribution is 5.68. The number of amides is 1. The van der Waals surface area contributed by atoms with Crippen LogP contribution in [0.3, 0.4) is 0 Å². The van der Waals surface area contributed by atoms with Gasteiger partial charge in [-0.25, -0.2) is 4.79 Å². The smallest absolute Gasteiger partial charge is 0.412 e. The van der Waals surface area contributed by atoms with E-state index >= 15 is 0 Å². The molecule has 1 aliphatic heterocycles. The Morgan fingerprint density at radius 2 is 2.06 bits per heavy atom. The third-order valence-corrected chi connectivity index (χ3v) is 3.00. The van der Waals surface area contributed by atoms with E-state index in [9.17, 15) is 15.0 Å². The number of carbonyl (C=O) groups is 1. The van der Waals surface area contributed by atoms with E-state index < -0.39 is 18.4 Å². The van der Waals surface area contributed by atoms with Gasteiger partial charge in [-0.05, 0) is 18.4 Å². The number of piperidine rings is 1. The normalized spacial score (nSPS) is 23.8. The predicted octanol–water partition coefficient (Wildman–Crippen LogP) is 1.10. The first-order chi connectivity index (χ1) is 8.68. The predicted molar refractivity (Wildman–Crippen MR) is 64.6 cm³/mol. The molecule has 1 fully saturated rings. The lowest BCUT2D eigenvalue weighted by Crippen LogP contribution is -2.51. The lowest BCUT2D eigenvalue weighted by Gasteiger charge is -2.34. The Morgan fingerprint density at radius 1 is 1.33 bits per heavy atom. The summed E-state index contributed by atoms with van der Waals surface area (Å²) in [5.41, 5.74) is 0.887. The minimum Gasteiger partial charge on any atom is -0.444 e. The van der Waals surface area contributed by atoms with Crippen LogP contribution in [0, 0.1) is 0 Å². The Bertz CT molecular complexity index is 395. The molecule has 1 aliphatic rings. The second-order valence-electron chi connectivity index (χ2n) is 4.36. The fourth-order valence-electron chi connectivity index (χ4n) is 1.96. The van der Waals surface area contributed by atoms with E-state index in [1.54, 1.807) is 0 Å². The van der Waals surface area contributed by atoms with Crippen molar-refractivity contribution in [1.29, 1.82) is 0 Å². The second kappa shape index (κ2) is 5.84. The molecule has 5 nitrogen and oxygen atoms in total. The molecule has 2 N–H and O–H groups in total. The van der Waals surface area contributed by atoms with Gasteiger partial charge in [0.15, 0.2) is 6.23 Å². The Hall–Kier alpha value is -1.59. The summed E-state index contributed by atoms with van der Waals surface area (Å²) in [4.78, 5) is 12.9. The third kappa shape index (κ3) is 3.00. The maximum absolute atomic E-state index is 11.8. The van der Waals surface area contributed by atoms with Crippen LogP contribution in [-0.4, -0.2) is 40.1 Å². The topological polar surface area (TPSA) is 70.0 Å². The van der Waals surface area contributed by atoms with Crippen LogP contribution >= 0.6 is 0 Å². The summed E-state index contributed by atoms with van der Waals surface area (Å²) in [5, 5.41) is 19.2. The van der Waals surface area contributed by atoms with E-state index in [4.69, 9.17) is 4.74 Å². The fourth-order valence-corrected chi connectivity index (χ4v) is 1.96. The van der Waals surface area contributed by atoms with Crippen LogP contribution < -0.4 is 0 Å². The Balaban J connectivity index is 1.88. The lowest BCUT2D eigenvalue weighted by molar-refractivity contribution is -0.0982. The highest BCUT2D eigenvalue weighted by Crippen LogP contribution is 2.17. The summed E-state index contributed by atoms with van der Waals surface area (Å²) in [6.45, 7) is 0.574. The lowest BCUT2D eigenvalue weighted by atomic mass is 10.1. The molecular formula is C13H17NO4. The van der Waals surface area contributed by atoms with Gasteiger partial charge in [-0.15, -0.1) is 0 Å². The van der Waals surface area contributed by atoms with Gasteiger partial charge in [-0.2, -0.15) is 0 Å². The molecule has 2 rings (SSSR count). The van der Waals surface area contributed by atoms with E-state index in [1.807, 2.05) is 30.3 Å². The number of likely N-dealkylation sites (tertiary alicyclic amines) is 1. The standard InChI is InChI=1S/C13H17NO4/c15-11-7-4-8-14(12(11)16)13(17)18-9-10-5-2-1-3-6-10/h1-3,5-6,11-12,15-16H,4,7-9H2/t11-,12+/m0/s1. The minimum absolute atomic E-state index is 0.166. The summed E-state index contributed by atoms with van der Waals surface area (Å²) in [5.74, 6) is 0. The number of aliphatic hydroxyl groups excluding tert-OH is 2. The molecule has 1 amide bonds. The van der Waals surface area contributed by atoms with E-state index in [0.29, 0.717) is 19.4 Å². The number of carbonyl (C=O) groups excluding carboxylic acids is 1. The van der Waals surface area contributed by atoms with Crippen molar-refractivity contribution in [2.24, 2.45) is 0 Å². The van der Waals surface area contributed by atoms with Crippen LogP contribution in [0.15, 0.2) is 30.3 Å². The van der Waals surface area contributed by atoms with Gasteiger partial charge >= 0.3 is 6.09 Å². The molecule has 1 heterocycles. The van der Waals surface area contributed by atoms with E-state index in [-0.39, 0.29) is 6.61 Å². The zero-order valence-corrected chi connectivity index (χ0v) is 10.0. The molecule has 0 aromatic heterocycles. The van der Waals surface area contributed by atoms with Crippen molar-refractivity contribution < 1.29 is 19.7 Å². The first-order valence-corrected chi connectivity index (χ1v) is 6.02. The third-order valence-electron chi connectivity index (χ3n) is 3.00. The van der Waals surface area contributed by atoms with Crippen molar-refractivity contribution in [2.75, 3.05) is 6.54 Å².